The van der Waals surface area contributed by atoms with Crippen LogP contribution in [0.5, 0.6) is 0 Å². The first-order valence-corrected chi connectivity index (χ1v) is 8.75. The predicted molar refractivity (Wildman–Crippen MR) is 97.8 cm³/mol. The Bertz CT molecular complexity index is 997. The van der Waals surface area contributed by atoms with Crippen LogP contribution in [0.3, 0.4) is 0 Å². The summed E-state index contributed by atoms with van der Waals surface area (Å²) in [6, 6.07) is 13.2. The Kier molecular flexibility index (Phi) is 4.50. The Labute approximate surface area is 155 Å². The summed E-state index contributed by atoms with van der Waals surface area (Å²) in [7, 11) is 0. The van der Waals surface area contributed by atoms with Gasteiger partial charge in [0.25, 0.3) is 11.7 Å². The number of aryl methyl sites for hydroxylation is 1. The van der Waals surface area contributed by atoms with Crippen molar-refractivity contribution in [2.45, 2.75) is 19.4 Å². The number of amides is 1. The van der Waals surface area contributed by atoms with Crippen molar-refractivity contribution >= 4 is 17.4 Å². The number of halogens is 1. The Morgan fingerprint density at radius 3 is 2.48 bits per heavy atom. The number of para-hydroxylation sites is 1. The fraction of sp³-hybridized carbons (Fsp3) is 0.200. The van der Waals surface area contributed by atoms with E-state index < -0.39 is 11.7 Å². The summed E-state index contributed by atoms with van der Waals surface area (Å²) in [6.07, 6.45) is 3.33. The van der Waals surface area contributed by atoms with Gasteiger partial charge in [0, 0.05) is 18.7 Å². The zero-order chi connectivity index (χ0) is 18.8. The molecule has 0 fully saturated rings. The lowest BCUT2D eigenvalue weighted by atomic mass is 10.1. The predicted octanol–water partition coefficient (Wildman–Crippen LogP) is 3.09. The average molecular weight is 364 g/mol. The van der Waals surface area contributed by atoms with Gasteiger partial charge in [0.05, 0.1) is 17.4 Å². The van der Waals surface area contributed by atoms with E-state index in [9.17, 15) is 14.0 Å². The van der Waals surface area contributed by atoms with Crippen LogP contribution < -0.4 is 4.90 Å². The highest BCUT2D eigenvalue weighted by Crippen LogP contribution is 2.28. The second kappa shape index (κ2) is 7.11. The maximum absolute atomic E-state index is 13.0. The van der Waals surface area contributed by atoms with Crippen LogP contribution in [0.2, 0.25) is 0 Å². The first-order chi connectivity index (χ1) is 13.1. The van der Waals surface area contributed by atoms with E-state index in [-0.39, 0.29) is 5.82 Å². The third-order valence-electron chi connectivity index (χ3n) is 4.58. The Hall–Kier alpha value is -3.35. The third-order valence-corrected chi connectivity index (χ3v) is 4.58. The van der Waals surface area contributed by atoms with Gasteiger partial charge in [-0.1, -0.05) is 17.3 Å². The normalized spacial score (nSPS) is 13.3. The molecule has 0 radical (unpaired) electrons. The van der Waals surface area contributed by atoms with Crippen molar-refractivity contribution in [2.24, 2.45) is 0 Å². The summed E-state index contributed by atoms with van der Waals surface area (Å²) in [4.78, 5) is 25.7. The number of Topliss-reactive ketones (excluding diaryl/α,β-unsaturated/α-hetero) is 1. The molecule has 0 saturated carbocycles. The van der Waals surface area contributed by atoms with Gasteiger partial charge in [-0.2, -0.15) is 0 Å². The summed E-state index contributed by atoms with van der Waals surface area (Å²) in [6.45, 7) is 1.13. The van der Waals surface area contributed by atoms with Gasteiger partial charge in [-0.05, 0) is 49.2 Å². The minimum atomic E-state index is -0.462. The van der Waals surface area contributed by atoms with Crippen LogP contribution in [0.25, 0.3) is 11.3 Å². The van der Waals surface area contributed by atoms with Gasteiger partial charge in [-0.15, -0.1) is 5.10 Å². The molecule has 0 aliphatic carbocycles. The molecule has 0 spiro atoms. The van der Waals surface area contributed by atoms with Crippen molar-refractivity contribution in [1.82, 2.24) is 15.0 Å². The van der Waals surface area contributed by atoms with E-state index in [1.54, 1.807) is 39.9 Å². The van der Waals surface area contributed by atoms with Crippen molar-refractivity contribution in [3.8, 4) is 11.3 Å². The Morgan fingerprint density at radius 2 is 1.67 bits per heavy atom. The molecule has 1 aliphatic rings. The number of carbonyl (C=O) groups excluding carboxylic acids is 2. The van der Waals surface area contributed by atoms with Crippen molar-refractivity contribution < 1.29 is 14.0 Å². The number of hydrogen-bond donors (Lipinski definition) is 0. The van der Waals surface area contributed by atoms with Crippen LogP contribution in [0.1, 0.15) is 23.2 Å². The molecular weight excluding hydrogens is 347 g/mol. The molecule has 6 nitrogen and oxygen atoms in total. The Morgan fingerprint density at radius 1 is 0.926 bits per heavy atom. The van der Waals surface area contributed by atoms with Gasteiger partial charge in [0.2, 0.25) is 0 Å². The minimum Gasteiger partial charge on any atom is -0.305 e. The third kappa shape index (κ3) is 3.36. The first kappa shape index (κ1) is 17.1. The second-order valence-corrected chi connectivity index (χ2v) is 6.38. The monoisotopic (exact) mass is 364 g/mol. The van der Waals surface area contributed by atoms with E-state index in [0.717, 1.165) is 18.4 Å². The van der Waals surface area contributed by atoms with E-state index in [0.29, 0.717) is 30.0 Å². The molecular formula is C20H17FN4O2. The molecule has 0 bridgehead atoms. The molecule has 27 heavy (non-hydrogen) atoms. The zero-order valence-corrected chi connectivity index (χ0v) is 14.5. The largest absolute Gasteiger partial charge is 0.305 e. The molecule has 136 valence electrons. The summed E-state index contributed by atoms with van der Waals surface area (Å²) < 4.78 is 14.7. The standard InChI is InChI=1S/C20H17FN4O2/c21-15-9-7-14(8-10-15)17-13-24(23-22-17)11-3-4-12-25-18-6-2-1-5-16(18)19(26)20(25)27/h1-2,5-10,13H,3-4,11-12H2. The fourth-order valence-electron chi connectivity index (χ4n) is 3.17. The quantitative estimate of drug-likeness (QED) is 0.498. The molecule has 0 unspecified atom stereocenters. The number of ketones is 1. The van der Waals surface area contributed by atoms with Crippen molar-refractivity contribution in [3.63, 3.8) is 0 Å². The molecule has 2 aromatic carbocycles. The van der Waals surface area contributed by atoms with Crippen LogP contribution in [0, 0.1) is 5.82 Å². The van der Waals surface area contributed by atoms with Gasteiger partial charge in [-0.3, -0.25) is 14.3 Å². The summed E-state index contributed by atoms with van der Waals surface area (Å²) in [5.74, 6) is -1.19. The van der Waals surface area contributed by atoms with Crippen LogP contribution in [-0.2, 0) is 11.3 Å². The van der Waals surface area contributed by atoms with E-state index in [2.05, 4.69) is 10.3 Å². The number of fused-ring (bicyclic) bond motifs is 1. The summed E-state index contributed by atoms with van der Waals surface area (Å²) in [5, 5.41) is 8.19. The molecule has 1 aromatic heterocycles. The molecule has 0 saturated heterocycles. The van der Waals surface area contributed by atoms with E-state index in [1.165, 1.54) is 12.1 Å². The lowest BCUT2D eigenvalue weighted by Crippen LogP contribution is -2.30. The smallest absolute Gasteiger partial charge is 0.299 e. The Balaban J connectivity index is 1.33. The maximum atomic E-state index is 13.0. The van der Waals surface area contributed by atoms with Crippen molar-refractivity contribution in [2.75, 3.05) is 11.4 Å². The van der Waals surface area contributed by atoms with Gasteiger partial charge in [0.1, 0.15) is 11.5 Å². The molecule has 7 heteroatoms. The molecule has 3 aromatic rings. The number of carbonyl (C=O) groups is 2. The number of unbranched alkanes of at least 4 members (excludes halogenated alkanes) is 1. The van der Waals surface area contributed by atoms with Crippen molar-refractivity contribution in [3.05, 3.63) is 66.1 Å². The maximum Gasteiger partial charge on any atom is 0.299 e. The minimum absolute atomic E-state index is 0.289. The molecule has 1 aliphatic heterocycles. The number of benzene rings is 2. The summed E-state index contributed by atoms with van der Waals surface area (Å²) in [5.41, 5.74) is 2.65. The first-order valence-electron chi connectivity index (χ1n) is 8.75. The topological polar surface area (TPSA) is 68.1 Å². The van der Waals surface area contributed by atoms with E-state index in [1.807, 2.05) is 12.3 Å². The molecule has 1 amide bonds. The lowest BCUT2D eigenvalue weighted by molar-refractivity contribution is -0.114. The van der Waals surface area contributed by atoms with E-state index in [4.69, 9.17) is 0 Å². The second-order valence-electron chi connectivity index (χ2n) is 6.38. The number of anilines is 1. The highest BCUT2D eigenvalue weighted by molar-refractivity contribution is 6.52. The number of aromatic nitrogens is 3. The van der Waals surface area contributed by atoms with Crippen LogP contribution in [0.15, 0.2) is 54.7 Å². The number of nitrogens with zero attached hydrogens (tertiary/aromatic N) is 4. The molecule has 2 heterocycles. The van der Waals surface area contributed by atoms with E-state index >= 15 is 0 Å². The van der Waals surface area contributed by atoms with Crippen LogP contribution in [-0.4, -0.2) is 33.2 Å². The highest BCUT2D eigenvalue weighted by atomic mass is 19.1. The van der Waals surface area contributed by atoms with Gasteiger partial charge < -0.3 is 4.90 Å². The fourth-order valence-corrected chi connectivity index (χ4v) is 3.17. The molecule has 4 rings (SSSR count). The number of rotatable bonds is 6. The zero-order valence-electron chi connectivity index (χ0n) is 14.5. The van der Waals surface area contributed by atoms with Crippen LogP contribution in [0.4, 0.5) is 10.1 Å². The number of hydrogen-bond acceptors (Lipinski definition) is 4. The van der Waals surface area contributed by atoms with Gasteiger partial charge >= 0.3 is 0 Å². The van der Waals surface area contributed by atoms with Gasteiger partial charge in [0.15, 0.2) is 0 Å². The molecule has 0 N–H and O–H groups in total. The highest BCUT2D eigenvalue weighted by Gasteiger charge is 2.34. The van der Waals surface area contributed by atoms with Gasteiger partial charge in [-0.25, -0.2) is 4.39 Å². The lowest BCUT2D eigenvalue weighted by Gasteiger charge is -2.16. The molecule has 0 atom stereocenters. The van der Waals surface area contributed by atoms with Crippen LogP contribution >= 0.6 is 0 Å². The average Bonchev–Trinajstić information content (AvgIpc) is 3.25. The SMILES string of the molecule is O=C1C(=O)N(CCCCn2cc(-c3ccc(F)cc3)nn2)c2ccccc21. The van der Waals surface area contributed by atoms with Crippen molar-refractivity contribution in [1.29, 1.82) is 0 Å². The summed E-state index contributed by atoms with van der Waals surface area (Å²) >= 11 is 0.